The zero-order chi connectivity index (χ0) is 14.9. The van der Waals surface area contributed by atoms with Crippen molar-refractivity contribution in [3.8, 4) is 0 Å². The summed E-state index contributed by atoms with van der Waals surface area (Å²) in [6.45, 7) is 5.65. The molecule has 1 aliphatic heterocycles. The second-order valence-electron chi connectivity index (χ2n) is 5.89. The number of halogens is 1. The van der Waals surface area contributed by atoms with Crippen molar-refractivity contribution >= 4 is 27.5 Å². The summed E-state index contributed by atoms with van der Waals surface area (Å²) in [5.41, 5.74) is 0.380. The smallest absolute Gasteiger partial charge is 0.284 e. The van der Waals surface area contributed by atoms with E-state index < -0.39 is 4.92 Å². The lowest BCUT2D eigenvalue weighted by Gasteiger charge is -2.38. The Morgan fingerprint density at radius 1 is 1.45 bits per heavy atom. The summed E-state index contributed by atoms with van der Waals surface area (Å²) in [7, 11) is 0. The minimum Gasteiger partial charge on any atom is -0.338 e. The summed E-state index contributed by atoms with van der Waals surface area (Å²) < 4.78 is 0.262. The van der Waals surface area contributed by atoms with E-state index in [1.807, 2.05) is 0 Å². The SMILES string of the molecule is CC1(C)CCCN(C(=O)c2cccc([N+](=O)[O-])c2Br)C1. The maximum absolute atomic E-state index is 12.6. The monoisotopic (exact) mass is 340 g/mol. The Morgan fingerprint density at radius 3 is 2.75 bits per heavy atom. The van der Waals surface area contributed by atoms with Gasteiger partial charge in [0, 0.05) is 19.2 Å². The molecule has 0 bridgehead atoms. The highest BCUT2D eigenvalue weighted by Gasteiger charge is 2.31. The normalized spacial score (nSPS) is 17.9. The van der Waals surface area contributed by atoms with E-state index in [2.05, 4.69) is 29.8 Å². The molecule has 5 nitrogen and oxygen atoms in total. The molecule has 1 heterocycles. The number of carbonyl (C=O) groups excluding carboxylic acids is 1. The first-order valence-corrected chi connectivity index (χ1v) is 7.33. The fourth-order valence-electron chi connectivity index (χ4n) is 2.59. The van der Waals surface area contributed by atoms with Crippen LogP contribution in [-0.2, 0) is 0 Å². The van der Waals surface area contributed by atoms with Crippen molar-refractivity contribution in [2.24, 2.45) is 5.41 Å². The molecule has 1 fully saturated rings. The number of nitro groups is 1. The van der Waals surface area contributed by atoms with Crippen molar-refractivity contribution in [3.63, 3.8) is 0 Å². The Labute approximate surface area is 126 Å². The van der Waals surface area contributed by atoms with Gasteiger partial charge in [-0.1, -0.05) is 19.9 Å². The van der Waals surface area contributed by atoms with Gasteiger partial charge >= 0.3 is 0 Å². The molecule has 1 saturated heterocycles. The highest BCUT2D eigenvalue weighted by Crippen LogP contribution is 2.32. The first kappa shape index (κ1) is 15.0. The van der Waals surface area contributed by atoms with Crippen LogP contribution >= 0.6 is 15.9 Å². The number of nitrogens with zero attached hydrogens (tertiary/aromatic N) is 2. The van der Waals surface area contributed by atoms with E-state index in [9.17, 15) is 14.9 Å². The van der Waals surface area contributed by atoms with Gasteiger partial charge in [0.1, 0.15) is 4.47 Å². The molecule has 0 radical (unpaired) electrons. The van der Waals surface area contributed by atoms with Gasteiger partial charge in [-0.25, -0.2) is 0 Å². The van der Waals surface area contributed by atoms with Crippen molar-refractivity contribution in [3.05, 3.63) is 38.3 Å². The molecule has 108 valence electrons. The fourth-order valence-corrected chi connectivity index (χ4v) is 3.17. The molecule has 0 spiro atoms. The lowest BCUT2D eigenvalue weighted by Crippen LogP contribution is -2.43. The Morgan fingerprint density at radius 2 is 2.15 bits per heavy atom. The van der Waals surface area contributed by atoms with E-state index >= 15 is 0 Å². The number of benzene rings is 1. The molecule has 6 heteroatoms. The van der Waals surface area contributed by atoms with Crippen molar-refractivity contribution in [1.29, 1.82) is 0 Å². The third-order valence-corrected chi connectivity index (χ3v) is 4.43. The Balaban J connectivity index is 2.30. The summed E-state index contributed by atoms with van der Waals surface area (Å²) in [6.07, 6.45) is 2.05. The first-order valence-electron chi connectivity index (χ1n) is 6.54. The van der Waals surface area contributed by atoms with Crippen LogP contribution in [0, 0.1) is 15.5 Å². The summed E-state index contributed by atoms with van der Waals surface area (Å²) in [5, 5.41) is 10.9. The molecule has 0 aromatic heterocycles. The fraction of sp³-hybridized carbons (Fsp3) is 0.500. The molecule has 0 unspecified atom stereocenters. The van der Waals surface area contributed by atoms with Crippen molar-refractivity contribution < 1.29 is 9.72 Å². The van der Waals surface area contributed by atoms with Crippen LogP contribution in [0.1, 0.15) is 37.0 Å². The number of amides is 1. The Hall–Kier alpha value is -1.43. The van der Waals surface area contributed by atoms with Crippen molar-refractivity contribution in [2.75, 3.05) is 13.1 Å². The molecule has 2 rings (SSSR count). The van der Waals surface area contributed by atoms with Crippen LogP contribution in [0.25, 0.3) is 0 Å². The van der Waals surface area contributed by atoms with E-state index in [0.29, 0.717) is 18.7 Å². The third kappa shape index (κ3) is 3.00. The Kier molecular flexibility index (Phi) is 4.13. The first-order chi connectivity index (χ1) is 9.32. The summed E-state index contributed by atoms with van der Waals surface area (Å²) in [6, 6.07) is 4.56. The van der Waals surface area contributed by atoms with Gasteiger partial charge in [-0.05, 0) is 40.3 Å². The summed E-state index contributed by atoms with van der Waals surface area (Å²) in [5.74, 6) is -0.145. The van der Waals surface area contributed by atoms with Crippen LogP contribution in [-0.4, -0.2) is 28.8 Å². The lowest BCUT2D eigenvalue weighted by molar-refractivity contribution is -0.385. The molecule has 0 aliphatic carbocycles. The van der Waals surface area contributed by atoms with Gasteiger partial charge in [-0.3, -0.25) is 14.9 Å². The minimum absolute atomic E-state index is 0.0767. The maximum atomic E-state index is 12.6. The van der Waals surface area contributed by atoms with Gasteiger partial charge in [-0.2, -0.15) is 0 Å². The largest absolute Gasteiger partial charge is 0.338 e. The van der Waals surface area contributed by atoms with E-state index in [4.69, 9.17) is 0 Å². The number of hydrogen-bond acceptors (Lipinski definition) is 3. The molecule has 0 saturated carbocycles. The maximum Gasteiger partial charge on any atom is 0.284 e. The molecule has 20 heavy (non-hydrogen) atoms. The van der Waals surface area contributed by atoms with Crippen molar-refractivity contribution in [2.45, 2.75) is 26.7 Å². The quantitative estimate of drug-likeness (QED) is 0.610. The van der Waals surface area contributed by atoms with Crippen LogP contribution in [0.2, 0.25) is 0 Å². The molecular formula is C14H17BrN2O3. The van der Waals surface area contributed by atoms with Gasteiger partial charge < -0.3 is 4.90 Å². The van der Waals surface area contributed by atoms with E-state index in [-0.39, 0.29) is 21.5 Å². The molecule has 1 aromatic carbocycles. The second kappa shape index (κ2) is 5.52. The average Bonchev–Trinajstić information content (AvgIpc) is 2.36. The molecule has 1 amide bonds. The number of piperidine rings is 1. The molecule has 1 aromatic rings. The summed E-state index contributed by atoms with van der Waals surface area (Å²) >= 11 is 3.19. The number of rotatable bonds is 2. The van der Waals surface area contributed by atoms with Gasteiger partial charge in [0.15, 0.2) is 0 Å². The molecule has 0 atom stereocenters. The average molecular weight is 341 g/mol. The highest BCUT2D eigenvalue weighted by atomic mass is 79.9. The third-order valence-electron chi connectivity index (χ3n) is 3.59. The summed E-state index contributed by atoms with van der Waals surface area (Å²) in [4.78, 5) is 24.8. The van der Waals surface area contributed by atoms with Crippen LogP contribution in [0.15, 0.2) is 22.7 Å². The topological polar surface area (TPSA) is 63.5 Å². The van der Waals surface area contributed by atoms with Crippen LogP contribution in [0.5, 0.6) is 0 Å². The van der Waals surface area contributed by atoms with Gasteiger partial charge in [0.2, 0.25) is 0 Å². The van der Waals surface area contributed by atoms with Crippen LogP contribution < -0.4 is 0 Å². The van der Waals surface area contributed by atoms with E-state index in [1.165, 1.54) is 6.07 Å². The standard InChI is InChI=1S/C14H17BrN2O3/c1-14(2)7-4-8-16(9-14)13(18)10-5-3-6-11(12(10)15)17(19)20/h3,5-6H,4,7-9H2,1-2H3. The second-order valence-corrected chi connectivity index (χ2v) is 6.68. The predicted octanol–water partition coefficient (Wildman–Crippen LogP) is 3.62. The molecular weight excluding hydrogens is 324 g/mol. The molecule has 1 aliphatic rings. The van der Waals surface area contributed by atoms with Crippen LogP contribution in [0.3, 0.4) is 0 Å². The van der Waals surface area contributed by atoms with E-state index in [1.54, 1.807) is 17.0 Å². The number of carbonyl (C=O) groups is 1. The number of likely N-dealkylation sites (tertiary alicyclic amines) is 1. The minimum atomic E-state index is -0.485. The number of hydrogen-bond donors (Lipinski definition) is 0. The van der Waals surface area contributed by atoms with Crippen molar-refractivity contribution in [1.82, 2.24) is 4.90 Å². The zero-order valence-corrected chi connectivity index (χ0v) is 13.1. The number of nitro benzene ring substituents is 1. The van der Waals surface area contributed by atoms with E-state index in [0.717, 1.165) is 12.8 Å². The zero-order valence-electron chi connectivity index (χ0n) is 11.6. The van der Waals surface area contributed by atoms with Gasteiger partial charge in [0.25, 0.3) is 11.6 Å². The Bertz CT molecular complexity index is 557. The van der Waals surface area contributed by atoms with Crippen LogP contribution in [0.4, 0.5) is 5.69 Å². The lowest BCUT2D eigenvalue weighted by atomic mass is 9.84. The predicted molar refractivity (Wildman–Crippen MR) is 79.7 cm³/mol. The van der Waals surface area contributed by atoms with Gasteiger partial charge in [-0.15, -0.1) is 0 Å². The molecule has 0 N–H and O–H groups in total. The highest BCUT2D eigenvalue weighted by molar-refractivity contribution is 9.10. The van der Waals surface area contributed by atoms with Gasteiger partial charge in [0.05, 0.1) is 10.5 Å².